The van der Waals surface area contributed by atoms with Gasteiger partial charge in [-0.15, -0.1) is 0 Å². The van der Waals surface area contributed by atoms with Gasteiger partial charge in [0, 0.05) is 12.6 Å². The van der Waals surface area contributed by atoms with Crippen LogP contribution < -0.4 is 5.32 Å². The number of unbranched alkanes of at least 4 members (excludes halogenated alkanes) is 1. The van der Waals surface area contributed by atoms with Crippen LogP contribution in [-0.2, 0) is 4.79 Å². The molecule has 1 saturated carbocycles. The molecule has 18 heavy (non-hydrogen) atoms. The van der Waals surface area contributed by atoms with Crippen molar-refractivity contribution in [1.82, 2.24) is 10.2 Å². The summed E-state index contributed by atoms with van der Waals surface area (Å²) in [6, 6.07) is 0.576. The lowest BCUT2D eigenvalue weighted by molar-refractivity contribution is -0.138. The highest BCUT2D eigenvalue weighted by Gasteiger charge is 2.42. The molecule has 0 bridgehead atoms. The molecule has 1 unspecified atom stereocenters. The van der Waals surface area contributed by atoms with E-state index in [1.165, 1.54) is 19.3 Å². The first kappa shape index (κ1) is 13.9. The van der Waals surface area contributed by atoms with Gasteiger partial charge in [0.1, 0.15) is 0 Å². The van der Waals surface area contributed by atoms with Gasteiger partial charge in [-0.25, -0.2) is 0 Å². The molecule has 3 heteroatoms. The number of piperidine rings is 1. The van der Waals surface area contributed by atoms with Gasteiger partial charge in [-0.1, -0.05) is 27.2 Å². The highest BCUT2D eigenvalue weighted by atomic mass is 16.2. The molecule has 2 rings (SSSR count). The van der Waals surface area contributed by atoms with E-state index in [-0.39, 0.29) is 11.5 Å². The van der Waals surface area contributed by atoms with E-state index < -0.39 is 0 Å². The molecule has 1 saturated heterocycles. The molecular formula is C15H28N2O. The molecular weight excluding hydrogens is 224 g/mol. The van der Waals surface area contributed by atoms with Crippen LogP contribution in [0.25, 0.3) is 0 Å². The fourth-order valence-corrected chi connectivity index (χ4v) is 2.99. The number of amides is 1. The Morgan fingerprint density at radius 1 is 1.39 bits per heavy atom. The summed E-state index contributed by atoms with van der Waals surface area (Å²) in [7, 11) is 0. The van der Waals surface area contributed by atoms with Gasteiger partial charge in [0.25, 0.3) is 0 Å². The number of nitrogens with one attached hydrogen (secondary N) is 1. The van der Waals surface area contributed by atoms with Crippen molar-refractivity contribution in [1.29, 1.82) is 0 Å². The van der Waals surface area contributed by atoms with Crippen molar-refractivity contribution >= 4 is 5.91 Å². The third-order valence-corrected chi connectivity index (χ3v) is 4.40. The highest BCUT2D eigenvalue weighted by Crippen LogP contribution is 2.34. The standard InChI is InChI=1S/C15H28N2O/c1-4-5-11-17(12-7-8-12)14(18)13-15(2,3)9-6-10-16-13/h12-13,16H,4-11H2,1-3H3. The van der Waals surface area contributed by atoms with Gasteiger partial charge in [0.05, 0.1) is 6.04 Å². The maximum Gasteiger partial charge on any atom is 0.240 e. The minimum atomic E-state index is 0.0312. The Balaban J connectivity index is 2.02. The molecule has 2 aliphatic rings. The summed E-state index contributed by atoms with van der Waals surface area (Å²) in [5.41, 5.74) is 0.106. The van der Waals surface area contributed by atoms with Crippen LogP contribution in [0.4, 0.5) is 0 Å². The maximum absolute atomic E-state index is 12.8. The van der Waals surface area contributed by atoms with Crippen LogP contribution in [0.5, 0.6) is 0 Å². The molecule has 1 amide bonds. The predicted octanol–water partition coefficient (Wildman–Crippen LogP) is 2.56. The Kier molecular flexibility index (Phi) is 4.31. The third kappa shape index (κ3) is 3.05. The van der Waals surface area contributed by atoms with Gasteiger partial charge >= 0.3 is 0 Å². The molecule has 1 atom stereocenters. The minimum Gasteiger partial charge on any atom is -0.338 e. The number of rotatable bonds is 5. The van der Waals surface area contributed by atoms with E-state index in [0.29, 0.717) is 11.9 Å². The molecule has 2 fully saturated rings. The second kappa shape index (κ2) is 5.60. The van der Waals surface area contributed by atoms with Crippen molar-refractivity contribution in [2.45, 2.75) is 71.4 Å². The normalized spacial score (nSPS) is 26.9. The van der Waals surface area contributed by atoms with Gasteiger partial charge < -0.3 is 10.2 Å². The zero-order chi connectivity index (χ0) is 13.2. The second-order valence-electron chi connectivity index (χ2n) is 6.60. The van der Waals surface area contributed by atoms with Gasteiger partial charge in [0.15, 0.2) is 0 Å². The summed E-state index contributed by atoms with van der Waals surface area (Å²) < 4.78 is 0. The fourth-order valence-electron chi connectivity index (χ4n) is 2.99. The predicted molar refractivity (Wildman–Crippen MR) is 74.4 cm³/mol. The topological polar surface area (TPSA) is 32.3 Å². The highest BCUT2D eigenvalue weighted by molar-refractivity contribution is 5.83. The van der Waals surface area contributed by atoms with E-state index in [0.717, 1.165) is 32.4 Å². The van der Waals surface area contributed by atoms with E-state index in [1.807, 2.05) is 0 Å². The van der Waals surface area contributed by atoms with Crippen LogP contribution in [-0.4, -0.2) is 36.0 Å². The molecule has 1 aliphatic heterocycles. The Morgan fingerprint density at radius 3 is 2.67 bits per heavy atom. The van der Waals surface area contributed by atoms with Crippen molar-refractivity contribution in [3.05, 3.63) is 0 Å². The Bertz CT molecular complexity index is 297. The number of hydrogen-bond acceptors (Lipinski definition) is 2. The van der Waals surface area contributed by atoms with Gasteiger partial charge in [0.2, 0.25) is 5.91 Å². The molecule has 3 nitrogen and oxygen atoms in total. The smallest absolute Gasteiger partial charge is 0.240 e. The summed E-state index contributed by atoms with van der Waals surface area (Å²) in [6.45, 7) is 8.60. The van der Waals surface area contributed by atoms with Crippen LogP contribution >= 0.6 is 0 Å². The number of carbonyl (C=O) groups excluding carboxylic acids is 1. The Labute approximate surface area is 111 Å². The summed E-state index contributed by atoms with van der Waals surface area (Å²) in [4.78, 5) is 14.9. The van der Waals surface area contributed by atoms with E-state index in [9.17, 15) is 4.79 Å². The van der Waals surface area contributed by atoms with Crippen molar-refractivity contribution in [3.63, 3.8) is 0 Å². The van der Waals surface area contributed by atoms with Crippen LogP contribution in [0.1, 0.15) is 59.3 Å². The van der Waals surface area contributed by atoms with E-state index in [2.05, 4.69) is 31.0 Å². The molecule has 1 heterocycles. The van der Waals surface area contributed by atoms with Gasteiger partial charge in [-0.3, -0.25) is 4.79 Å². The third-order valence-electron chi connectivity index (χ3n) is 4.40. The first-order valence-corrected chi connectivity index (χ1v) is 7.60. The van der Waals surface area contributed by atoms with E-state index >= 15 is 0 Å². The van der Waals surface area contributed by atoms with Gasteiger partial charge in [-0.2, -0.15) is 0 Å². The SMILES string of the molecule is CCCCN(C(=O)C1NCCCC1(C)C)C1CC1. The van der Waals surface area contributed by atoms with Crippen LogP contribution in [0.3, 0.4) is 0 Å². The molecule has 1 aliphatic carbocycles. The van der Waals surface area contributed by atoms with Crippen LogP contribution in [0.2, 0.25) is 0 Å². The number of carbonyl (C=O) groups is 1. The lowest BCUT2D eigenvalue weighted by atomic mass is 9.77. The zero-order valence-corrected chi connectivity index (χ0v) is 12.2. The van der Waals surface area contributed by atoms with E-state index in [1.54, 1.807) is 0 Å². The summed E-state index contributed by atoms with van der Waals surface area (Å²) in [5.74, 6) is 0.357. The van der Waals surface area contributed by atoms with Crippen molar-refractivity contribution in [3.8, 4) is 0 Å². The molecule has 0 aromatic rings. The Morgan fingerprint density at radius 2 is 2.11 bits per heavy atom. The lowest BCUT2D eigenvalue weighted by Gasteiger charge is -2.41. The lowest BCUT2D eigenvalue weighted by Crippen LogP contribution is -2.57. The van der Waals surface area contributed by atoms with E-state index in [4.69, 9.17) is 0 Å². The first-order valence-electron chi connectivity index (χ1n) is 7.60. The maximum atomic E-state index is 12.8. The summed E-state index contributed by atoms with van der Waals surface area (Å²) in [6.07, 6.45) is 7.07. The summed E-state index contributed by atoms with van der Waals surface area (Å²) >= 11 is 0. The minimum absolute atomic E-state index is 0.0312. The first-order chi connectivity index (χ1) is 8.56. The molecule has 0 spiro atoms. The molecule has 104 valence electrons. The molecule has 1 N–H and O–H groups in total. The summed E-state index contributed by atoms with van der Waals surface area (Å²) in [5, 5.41) is 3.46. The van der Waals surface area contributed by atoms with Crippen molar-refractivity contribution in [2.24, 2.45) is 5.41 Å². The van der Waals surface area contributed by atoms with Crippen LogP contribution in [0.15, 0.2) is 0 Å². The molecule has 0 aromatic heterocycles. The monoisotopic (exact) mass is 252 g/mol. The fraction of sp³-hybridized carbons (Fsp3) is 0.933. The zero-order valence-electron chi connectivity index (χ0n) is 12.2. The van der Waals surface area contributed by atoms with Crippen molar-refractivity contribution in [2.75, 3.05) is 13.1 Å². The van der Waals surface area contributed by atoms with Crippen LogP contribution in [0, 0.1) is 5.41 Å². The molecule has 0 radical (unpaired) electrons. The van der Waals surface area contributed by atoms with Crippen molar-refractivity contribution < 1.29 is 4.79 Å². The number of nitrogens with zero attached hydrogens (tertiary/aromatic N) is 1. The average Bonchev–Trinajstić information content (AvgIpc) is 3.13. The second-order valence-corrected chi connectivity index (χ2v) is 6.60. The molecule has 0 aromatic carbocycles. The Hall–Kier alpha value is -0.570. The van der Waals surface area contributed by atoms with Gasteiger partial charge in [-0.05, 0) is 44.1 Å². The average molecular weight is 252 g/mol. The quantitative estimate of drug-likeness (QED) is 0.815. The largest absolute Gasteiger partial charge is 0.338 e. The number of hydrogen-bond donors (Lipinski definition) is 1.